The van der Waals surface area contributed by atoms with Gasteiger partial charge in [-0.25, -0.2) is 0 Å². The van der Waals surface area contributed by atoms with Gasteiger partial charge in [-0.15, -0.1) is 9.13 Å². The predicted octanol–water partition coefficient (Wildman–Crippen LogP) is 3.29. The highest BCUT2D eigenvalue weighted by Gasteiger charge is 2.21. The largest absolute Gasteiger partial charge is 0.363 e. The monoisotopic (exact) mass is 340 g/mol. The molecule has 1 aliphatic carbocycles. The van der Waals surface area contributed by atoms with Crippen molar-refractivity contribution in [3.05, 3.63) is 90.9 Å². The lowest BCUT2D eigenvalue weighted by molar-refractivity contribution is -0.733. The molecule has 0 amide bonds. The first-order chi connectivity index (χ1) is 12.8. The molecule has 26 heavy (non-hydrogen) atoms. The number of allylic oxidation sites excluding steroid dienone is 3. The van der Waals surface area contributed by atoms with E-state index in [2.05, 4.69) is 59.2 Å². The molecule has 1 aromatic heterocycles. The first-order valence-electron chi connectivity index (χ1n) is 8.58. The van der Waals surface area contributed by atoms with Crippen LogP contribution >= 0.6 is 0 Å². The van der Waals surface area contributed by atoms with Crippen LogP contribution in [0.25, 0.3) is 22.5 Å². The molecule has 2 aromatic carbocycles. The highest BCUT2D eigenvalue weighted by Crippen LogP contribution is 2.36. The van der Waals surface area contributed by atoms with Gasteiger partial charge in [-0.3, -0.25) is 4.99 Å². The quantitative estimate of drug-likeness (QED) is 0.319. The standard InChI is InChI=1S/C22H20N4/c1-3-6-20(13-23-2)26-15-24-14-25(16-26)19-9-10-22-18(12-19)11-17-7-4-5-8-21(17)22/h3-10,12-16H,2,11H2,1H3/q+2/b6-3-,20-13+. The van der Waals surface area contributed by atoms with Crippen LogP contribution in [-0.2, 0) is 6.42 Å². The van der Waals surface area contributed by atoms with Gasteiger partial charge in [0.05, 0.1) is 11.2 Å². The van der Waals surface area contributed by atoms with Crippen molar-refractivity contribution < 1.29 is 9.13 Å². The minimum atomic E-state index is 0.901. The molecule has 0 radical (unpaired) electrons. The predicted molar refractivity (Wildman–Crippen MR) is 103 cm³/mol. The topological polar surface area (TPSA) is 33.0 Å². The summed E-state index contributed by atoms with van der Waals surface area (Å²) in [6.45, 7) is 5.52. The van der Waals surface area contributed by atoms with Gasteiger partial charge in [0.25, 0.3) is 0 Å². The third kappa shape index (κ3) is 2.86. The maximum Gasteiger partial charge on any atom is 0.363 e. The number of aromatic nitrogens is 3. The van der Waals surface area contributed by atoms with Gasteiger partial charge in [0.15, 0.2) is 11.4 Å². The normalized spacial score (nSPS) is 12.9. The van der Waals surface area contributed by atoms with E-state index in [1.54, 1.807) is 12.5 Å². The molecule has 4 rings (SSSR count). The summed E-state index contributed by atoms with van der Waals surface area (Å²) in [7, 11) is 0. The van der Waals surface area contributed by atoms with Gasteiger partial charge in [-0.1, -0.05) is 30.3 Å². The van der Waals surface area contributed by atoms with Gasteiger partial charge in [0.2, 0.25) is 0 Å². The van der Waals surface area contributed by atoms with Crippen LogP contribution in [0, 0.1) is 0 Å². The highest BCUT2D eigenvalue weighted by atomic mass is 15.2. The molecule has 0 aliphatic heterocycles. The van der Waals surface area contributed by atoms with E-state index in [1.165, 1.54) is 22.3 Å². The van der Waals surface area contributed by atoms with Crippen molar-refractivity contribution in [2.45, 2.75) is 13.3 Å². The average molecular weight is 340 g/mol. The molecule has 0 fully saturated rings. The third-order valence-electron chi connectivity index (χ3n) is 4.57. The van der Waals surface area contributed by atoms with Gasteiger partial charge in [0.1, 0.15) is 0 Å². The molecule has 1 heterocycles. The summed E-state index contributed by atoms with van der Waals surface area (Å²) in [6, 6.07) is 15.2. The molecule has 126 valence electrons. The van der Waals surface area contributed by atoms with Crippen molar-refractivity contribution in [1.82, 2.24) is 4.98 Å². The van der Waals surface area contributed by atoms with E-state index in [9.17, 15) is 0 Å². The van der Waals surface area contributed by atoms with Crippen molar-refractivity contribution >= 4 is 12.4 Å². The van der Waals surface area contributed by atoms with E-state index in [0.29, 0.717) is 0 Å². The first kappa shape index (κ1) is 16.1. The Morgan fingerprint density at radius 3 is 2.81 bits per heavy atom. The van der Waals surface area contributed by atoms with E-state index in [1.807, 2.05) is 40.9 Å². The zero-order valence-electron chi connectivity index (χ0n) is 14.7. The number of fused-ring (bicyclic) bond motifs is 3. The fourth-order valence-electron chi connectivity index (χ4n) is 3.39. The van der Waals surface area contributed by atoms with E-state index in [-0.39, 0.29) is 0 Å². The molecule has 1 aliphatic rings. The summed E-state index contributed by atoms with van der Waals surface area (Å²) in [5.74, 6) is 0. The summed E-state index contributed by atoms with van der Waals surface area (Å²) in [6.07, 6.45) is 12.2. The second kappa shape index (κ2) is 6.84. The van der Waals surface area contributed by atoms with Gasteiger partial charge in [-0.2, -0.15) is 0 Å². The van der Waals surface area contributed by atoms with Crippen molar-refractivity contribution in [2.24, 2.45) is 4.99 Å². The van der Waals surface area contributed by atoms with Crippen LogP contribution < -0.4 is 9.13 Å². The Morgan fingerprint density at radius 1 is 1.12 bits per heavy atom. The average Bonchev–Trinajstić information content (AvgIpc) is 3.06. The smallest absolute Gasteiger partial charge is 0.267 e. The van der Waals surface area contributed by atoms with Crippen LogP contribution in [0.5, 0.6) is 0 Å². The van der Waals surface area contributed by atoms with Crippen LogP contribution in [-0.4, -0.2) is 11.7 Å². The summed E-state index contributed by atoms with van der Waals surface area (Å²) < 4.78 is 3.94. The van der Waals surface area contributed by atoms with E-state index >= 15 is 0 Å². The van der Waals surface area contributed by atoms with Crippen LogP contribution in [0.3, 0.4) is 0 Å². The number of hydrogen-bond donors (Lipinski definition) is 0. The summed E-state index contributed by atoms with van der Waals surface area (Å²) in [4.78, 5) is 8.25. The lowest BCUT2D eigenvalue weighted by Crippen LogP contribution is -2.45. The maximum atomic E-state index is 4.37. The zero-order valence-corrected chi connectivity index (χ0v) is 14.7. The number of nitrogens with zero attached hydrogens (tertiary/aromatic N) is 4. The number of hydrogen-bond acceptors (Lipinski definition) is 2. The van der Waals surface area contributed by atoms with Crippen molar-refractivity contribution in [3.63, 3.8) is 0 Å². The first-order valence-corrected chi connectivity index (χ1v) is 8.58. The second-order valence-electron chi connectivity index (χ2n) is 6.22. The summed E-state index contributed by atoms with van der Waals surface area (Å²) in [5, 5.41) is 0. The van der Waals surface area contributed by atoms with Gasteiger partial charge >= 0.3 is 19.0 Å². The molecular weight excluding hydrogens is 320 g/mol. The van der Waals surface area contributed by atoms with Crippen LogP contribution in [0.4, 0.5) is 0 Å². The Hall–Kier alpha value is -3.40. The van der Waals surface area contributed by atoms with Crippen LogP contribution in [0.1, 0.15) is 18.1 Å². The van der Waals surface area contributed by atoms with Crippen LogP contribution in [0.2, 0.25) is 0 Å². The molecule has 0 saturated carbocycles. The molecule has 0 atom stereocenters. The minimum Gasteiger partial charge on any atom is -0.267 e. The maximum absolute atomic E-state index is 4.37. The third-order valence-corrected chi connectivity index (χ3v) is 4.57. The summed E-state index contributed by atoms with van der Waals surface area (Å²) >= 11 is 0. The van der Waals surface area contributed by atoms with Crippen molar-refractivity contribution in [3.8, 4) is 16.8 Å². The Kier molecular flexibility index (Phi) is 4.23. The number of benzene rings is 2. The number of aliphatic imine (C=N–C) groups is 1. The van der Waals surface area contributed by atoms with E-state index in [4.69, 9.17) is 0 Å². The lowest BCUT2D eigenvalue weighted by Gasteiger charge is -2.02. The molecule has 0 bridgehead atoms. The van der Waals surface area contributed by atoms with Crippen LogP contribution in [0.15, 0.2) is 84.8 Å². The lowest BCUT2D eigenvalue weighted by atomic mass is 10.1. The van der Waals surface area contributed by atoms with Gasteiger partial charge in [0, 0.05) is 0 Å². The van der Waals surface area contributed by atoms with Crippen molar-refractivity contribution in [1.29, 1.82) is 0 Å². The molecular formula is C22H20N4+2. The molecule has 4 heteroatoms. The second-order valence-corrected chi connectivity index (χ2v) is 6.22. The highest BCUT2D eigenvalue weighted by molar-refractivity contribution is 5.77. The fraction of sp³-hybridized carbons (Fsp3) is 0.0909. The molecule has 0 saturated heterocycles. The molecule has 0 spiro atoms. The molecule has 3 aromatic rings. The Balaban J connectivity index is 1.74. The molecule has 4 nitrogen and oxygen atoms in total. The van der Waals surface area contributed by atoms with Crippen molar-refractivity contribution in [2.75, 3.05) is 0 Å². The Bertz CT molecular complexity index is 1050. The number of rotatable bonds is 4. The molecule has 0 N–H and O–H groups in total. The fourth-order valence-corrected chi connectivity index (χ4v) is 3.39. The minimum absolute atomic E-state index is 0.901. The molecule has 0 unspecified atom stereocenters. The van der Waals surface area contributed by atoms with E-state index < -0.39 is 0 Å². The Morgan fingerprint density at radius 2 is 1.96 bits per heavy atom. The van der Waals surface area contributed by atoms with Gasteiger partial charge in [-0.05, 0) is 66.6 Å². The Labute approximate surface area is 153 Å². The summed E-state index contributed by atoms with van der Waals surface area (Å²) in [5.41, 5.74) is 7.40. The SMILES string of the molecule is C=N/C=C(\C=C/C)[n+]1cnc[n+](-c2ccc3c(c2)Cc2ccccc2-3)c1. The van der Waals surface area contributed by atoms with E-state index in [0.717, 1.165) is 17.8 Å². The van der Waals surface area contributed by atoms with Gasteiger partial charge < -0.3 is 0 Å². The zero-order chi connectivity index (χ0) is 17.9.